The molecule has 9 heteroatoms. The Labute approximate surface area is 166 Å². The van der Waals surface area contributed by atoms with Crippen molar-refractivity contribution in [2.45, 2.75) is 19.1 Å². The highest BCUT2D eigenvalue weighted by Gasteiger charge is 2.30. The molecule has 0 aliphatic rings. The van der Waals surface area contributed by atoms with E-state index in [0.29, 0.717) is 16.8 Å². The molecule has 2 aromatic carbocycles. The predicted octanol–water partition coefficient (Wildman–Crippen LogP) is 4.70. The molecule has 0 saturated carbocycles. The Morgan fingerprint density at radius 3 is 2.13 bits per heavy atom. The van der Waals surface area contributed by atoms with Crippen LogP contribution >= 0.6 is 0 Å². The molecular formula is C21H14F5N3O. The fourth-order valence-electron chi connectivity index (χ4n) is 3.18. The van der Waals surface area contributed by atoms with E-state index >= 15 is 0 Å². The van der Waals surface area contributed by atoms with Crippen molar-refractivity contribution in [3.63, 3.8) is 0 Å². The zero-order valence-corrected chi connectivity index (χ0v) is 15.3. The van der Waals surface area contributed by atoms with E-state index in [9.17, 15) is 26.7 Å². The van der Waals surface area contributed by atoms with Gasteiger partial charge in [0.2, 0.25) is 0 Å². The Morgan fingerprint density at radius 2 is 1.50 bits per heavy atom. The van der Waals surface area contributed by atoms with Crippen molar-refractivity contribution in [2.75, 3.05) is 0 Å². The molecule has 0 bridgehead atoms. The normalized spacial score (nSPS) is 11.9. The fourth-order valence-corrected chi connectivity index (χ4v) is 3.18. The van der Waals surface area contributed by atoms with Gasteiger partial charge in [0.25, 0.3) is 0 Å². The third kappa shape index (κ3) is 3.70. The number of fused-ring (bicyclic) bond motifs is 1. The summed E-state index contributed by atoms with van der Waals surface area (Å²) >= 11 is 0. The lowest BCUT2D eigenvalue weighted by molar-refractivity contribution is -0.137. The van der Waals surface area contributed by atoms with Gasteiger partial charge in [-0.3, -0.25) is 0 Å². The van der Waals surface area contributed by atoms with Crippen molar-refractivity contribution in [3.05, 3.63) is 94.0 Å². The molecule has 4 nitrogen and oxygen atoms in total. The van der Waals surface area contributed by atoms with Gasteiger partial charge in [0, 0.05) is 11.8 Å². The first-order chi connectivity index (χ1) is 14.2. The van der Waals surface area contributed by atoms with Crippen LogP contribution in [0.1, 0.15) is 11.1 Å². The molecule has 2 heterocycles. The maximum atomic E-state index is 13.8. The predicted molar refractivity (Wildman–Crippen MR) is 100.0 cm³/mol. The fraction of sp³-hybridized carbons (Fsp3) is 0.143. The Morgan fingerprint density at radius 1 is 0.867 bits per heavy atom. The monoisotopic (exact) mass is 419 g/mol. The molecule has 30 heavy (non-hydrogen) atoms. The SMILES string of the molecule is O=c1n(CCc2c(F)cccc2F)nc2ccc(-c3ccc(C(F)(F)F)cc3)cn12. The zero-order valence-electron chi connectivity index (χ0n) is 15.3. The quantitative estimate of drug-likeness (QED) is 0.450. The van der Waals surface area contributed by atoms with E-state index in [1.807, 2.05) is 0 Å². The molecule has 0 aliphatic heterocycles. The molecule has 0 unspecified atom stereocenters. The molecule has 0 radical (unpaired) electrons. The average molecular weight is 419 g/mol. The number of benzene rings is 2. The van der Waals surface area contributed by atoms with Crippen LogP contribution in [0.5, 0.6) is 0 Å². The van der Waals surface area contributed by atoms with Gasteiger partial charge >= 0.3 is 11.9 Å². The zero-order chi connectivity index (χ0) is 21.5. The molecule has 0 saturated heterocycles. The smallest absolute Gasteiger partial charge is 0.250 e. The van der Waals surface area contributed by atoms with E-state index < -0.39 is 29.1 Å². The molecular weight excluding hydrogens is 405 g/mol. The van der Waals surface area contributed by atoms with Gasteiger partial charge < -0.3 is 0 Å². The Kier molecular flexibility index (Phi) is 4.89. The van der Waals surface area contributed by atoms with E-state index in [1.54, 1.807) is 12.1 Å². The number of hydrogen-bond acceptors (Lipinski definition) is 2. The van der Waals surface area contributed by atoms with Gasteiger partial charge in [-0.05, 0) is 53.9 Å². The van der Waals surface area contributed by atoms with Crippen LogP contribution in [0.4, 0.5) is 22.0 Å². The summed E-state index contributed by atoms with van der Waals surface area (Å²) in [6.07, 6.45) is -3.03. The van der Waals surface area contributed by atoms with Crippen molar-refractivity contribution < 1.29 is 22.0 Å². The van der Waals surface area contributed by atoms with E-state index in [4.69, 9.17) is 0 Å². The number of halogens is 5. The standard InChI is InChI=1S/C21H14F5N3O/c22-17-2-1-3-18(23)16(17)10-11-29-20(30)28-12-14(6-9-19(28)27-29)13-4-7-15(8-5-13)21(24,25)26/h1-9,12H,10-11H2. The summed E-state index contributed by atoms with van der Waals surface area (Å²) < 4.78 is 68.1. The second-order valence-corrected chi connectivity index (χ2v) is 6.68. The summed E-state index contributed by atoms with van der Waals surface area (Å²) in [7, 11) is 0. The summed E-state index contributed by atoms with van der Waals surface area (Å²) in [5, 5.41) is 4.14. The van der Waals surface area contributed by atoms with Gasteiger partial charge in [-0.15, -0.1) is 5.10 Å². The van der Waals surface area contributed by atoms with E-state index in [2.05, 4.69) is 5.10 Å². The molecule has 0 fully saturated rings. The van der Waals surface area contributed by atoms with Gasteiger partial charge in [-0.25, -0.2) is 22.7 Å². The Balaban J connectivity index is 1.63. The molecule has 4 rings (SSSR count). The third-order valence-corrected chi connectivity index (χ3v) is 4.76. The summed E-state index contributed by atoms with van der Waals surface area (Å²) in [6, 6.07) is 11.3. The first kappa shape index (κ1) is 19.8. The highest BCUT2D eigenvalue weighted by molar-refractivity contribution is 5.64. The number of aryl methyl sites for hydroxylation is 1. The highest BCUT2D eigenvalue weighted by Crippen LogP contribution is 2.31. The first-order valence-electron chi connectivity index (χ1n) is 8.94. The second kappa shape index (κ2) is 7.40. The number of nitrogens with zero attached hydrogens (tertiary/aromatic N) is 3. The van der Waals surface area contributed by atoms with Crippen LogP contribution in [0.3, 0.4) is 0 Å². The lowest BCUT2D eigenvalue weighted by atomic mass is 10.1. The topological polar surface area (TPSA) is 39.3 Å². The van der Waals surface area contributed by atoms with Crippen molar-refractivity contribution in [1.82, 2.24) is 14.2 Å². The molecule has 0 spiro atoms. The Hall–Kier alpha value is -3.49. The van der Waals surface area contributed by atoms with Crippen molar-refractivity contribution in [1.29, 1.82) is 0 Å². The molecule has 0 amide bonds. The Bertz CT molecular complexity index is 1250. The van der Waals surface area contributed by atoms with Gasteiger partial charge in [0.15, 0.2) is 5.65 Å². The highest BCUT2D eigenvalue weighted by atomic mass is 19.4. The largest absolute Gasteiger partial charge is 0.416 e. The number of aromatic nitrogens is 3. The van der Waals surface area contributed by atoms with Gasteiger partial charge in [-0.2, -0.15) is 13.2 Å². The minimum Gasteiger partial charge on any atom is -0.250 e. The molecule has 0 N–H and O–H groups in total. The lowest BCUT2D eigenvalue weighted by Crippen LogP contribution is -2.22. The van der Waals surface area contributed by atoms with Crippen LogP contribution in [0, 0.1) is 11.6 Å². The first-order valence-corrected chi connectivity index (χ1v) is 8.94. The summed E-state index contributed by atoms with van der Waals surface area (Å²) in [4.78, 5) is 12.6. The number of pyridine rings is 1. The maximum absolute atomic E-state index is 13.8. The van der Waals surface area contributed by atoms with E-state index in [1.165, 1.54) is 28.8 Å². The van der Waals surface area contributed by atoms with Crippen LogP contribution in [-0.4, -0.2) is 14.2 Å². The van der Waals surface area contributed by atoms with Crippen LogP contribution in [-0.2, 0) is 19.1 Å². The molecule has 0 atom stereocenters. The molecule has 2 aromatic heterocycles. The van der Waals surface area contributed by atoms with Crippen molar-refractivity contribution in [2.24, 2.45) is 0 Å². The van der Waals surface area contributed by atoms with Crippen molar-refractivity contribution in [3.8, 4) is 11.1 Å². The van der Waals surface area contributed by atoms with Gasteiger partial charge in [0.1, 0.15) is 11.6 Å². The van der Waals surface area contributed by atoms with Gasteiger partial charge in [-0.1, -0.05) is 18.2 Å². The molecule has 4 aromatic rings. The van der Waals surface area contributed by atoms with Crippen LogP contribution in [0.15, 0.2) is 65.6 Å². The minimum absolute atomic E-state index is 0.0338. The van der Waals surface area contributed by atoms with Crippen LogP contribution < -0.4 is 5.69 Å². The number of rotatable bonds is 4. The number of hydrogen-bond donors (Lipinski definition) is 0. The van der Waals surface area contributed by atoms with Crippen molar-refractivity contribution >= 4 is 5.65 Å². The minimum atomic E-state index is -4.43. The summed E-state index contributed by atoms with van der Waals surface area (Å²) in [5.74, 6) is -1.40. The van der Waals surface area contributed by atoms with Gasteiger partial charge in [0.05, 0.1) is 12.1 Å². The summed E-state index contributed by atoms with van der Waals surface area (Å²) in [6.45, 7) is -0.0338. The van der Waals surface area contributed by atoms with E-state index in [0.717, 1.165) is 28.9 Å². The second-order valence-electron chi connectivity index (χ2n) is 6.68. The third-order valence-electron chi connectivity index (χ3n) is 4.76. The number of alkyl halides is 3. The lowest BCUT2D eigenvalue weighted by Gasteiger charge is -2.07. The maximum Gasteiger partial charge on any atom is 0.416 e. The van der Waals surface area contributed by atoms with Crippen LogP contribution in [0.25, 0.3) is 16.8 Å². The van der Waals surface area contributed by atoms with Crippen LogP contribution in [0.2, 0.25) is 0 Å². The molecule has 154 valence electrons. The van der Waals surface area contributed by atoms with E-state index in [-0.39, 0.29) is 18.5 Å². The summed E-state index contributed by atoms with van der Waals surface area (Å²) in [5.41, 5.74) is -0.0826. The average Bonchev–Trinajstić information content (AvgIpc) is 3.02. The molecule has 0 aliphatic carbocycles.